The molecule has 1 aromatic rings. The van der Waals surface area contributed by atoms with E-state index >= 15 is 0 Å². The molecule has 0 saturated carbocycles. The van der Waals surface area contributed by atoms with Gasteiger partial charge in [-0.15, -0.1) is 11.3 Å². The first kappa shape index (κ1) is 19.2. The monoisotopic (exact) mass is 366 g/mol. The largest absolute Gasteiger partial charge is 0.352 e. The number of amides is 4. The number of carbonyl (C=O) groups excluding carboxylic acids is 3. The molecule has 1 heterocycles. The molecule has 0 radical (unpaired) electrons. The van der Waals surface area contributed by atoms with E-state index in [0.29, 0.717) is 10.8 Å². The molecule has 2 rings (SSSR count). The van der Waals surface area contributed by atoms with Gasteiger partial charge >= 0.3 is 6.03 Å². The van der Waals surface area contributed by atoms with Crippen LogP contribution < -0.4 is 21.9 Å². The molecule has 2 atom stereocenters. The van der Waals surface area contributed by atoms with Gasteiger partial charge in [0.05, 0.1) is 4.88 Å². The highest BCUT2D eigenvalue weighted by atomic mass is 32.1. The predicted molar refractivity (Wildman–Crippen MR) is 97.1 cm³/mol. The number of rotatable bonds is 3. The first-order chi connectivity index (χ1) is 11.6. The van der Waals surface area contributed by atoms with E-state index in [-0.39, 0.29) is 11.3 Å². The zero-order valence-corrected chi connectivity index (χ0v) is 15.9. The number of nitrogens with two attached hydrogens (primary N) is 1. The summed E-state index contributed by atoms with van der Waals surface area (Å²) in [6.45, 7) is 8.22. The number of carbonyl (C=O) groups is 3. The van der Waals surface area contributed by atoms with Gasteiger partial charge in [0, 0.05) is 4.88 Å². The molecule has 1 aliphatic rings. The summed E-state index contributed by atoms with van der Waals surface area (Å²) in [6, 6.07) is 0.292. The summed E-state index contributed by atoms with van der Waals surface area (Å²) in [5.74, 6) is -0.293. The Morgan fingerprint density at radius 1 is 1.28 bits per heavy atom. The maximum absolute atomic E-state index is 12.3. The maximum atomic E-state index is 12.3. The van der Waals surface area contributed by atoms with Crippen molar-refractivity contribution in [2.75, 3.05) is 0 Å². The van der Waals surface area contributed by atoms with E-state index < -0.39 is 18.0 Å². The summed E-state index contributed by atoms with van der Waals surface area (Å²) in [7, 11) is 0. The summed E-state index contributed by atoms with van der Waals surface area (Å²) in [5, 5.41) is 2.24. The van der Waals surface area contributed by atoms with Crippen molar-refractivity contribution in [1.82, 2.24) is 16.2 Å². The molecule has 0 fully saturated rings. The first-order valence-corrected chi connectivity index (χ1v) is 9.17. The van der Waals surface area contributed by atoms with Gasteiger partial charge in [-0.1, -0.05) is 20.8 Å². The fraction of sp³-hybridized carbons (Fsp3) is 0.588. The van der Waals surface area contributed by atoms with Crippen LogP contribution in [0.3, 0.4) is 0 Å². The number of aryl methyl sites for hydroxylation is 1. The Kier molecular flexibility index (Phi) is 5.72. The van der Waals surface area contributed by atoms with E-state index in [1.807, 2.05) is 6.07 Å². The molecule has 0 saturated heterocycles. The van der Waals surface area contributed by atoms with Gasteiger partial charge in [-0.25, -0.2) is 4.79 Å². The Bertz CT molecular complexity index is 678. The van der Waals surface area contributed by atoms with Crippen LogP contribution in [0.2, 0.25) is 0 Å². The third-order valence-corrected chi connectivity index (χ3v) is 5.82. The van der Waals surface area contributed by atoms with Crippen molar-refractivity contribution in [3.63, 3.8) is 0 Å². The summed E-state index contributed by atoms with van der Waals surface area (Å²) in [4.78, 5) is 36.6. The van der Waals surface area contributed by atoms with Gasteiger partial charge in [0.15, 0.2) is 0 Å². The first-order valence-electron chi connectivity index (χ1n) is 8.35. The molecule has 0 bridgehead atoms. The van der Waals surface area contributed by atoms with Crippen LogP contribution in [0.15, 0.2) is 6.07 Å². The molecule has 8 heteroatoms. The maximum Gasteiger partial charge on any atom is 0.312 e. The lowest BCUT2D eigenvalue weighted by atomic mass is 9.72. The van der Waals surface area contributed by atoms with E-state index in [9.17, 15) is 14.4 Å². The Morgan fingerprint density at radius 3 is 2.56 bits per heavy atom. The van der Waals surface area contributed by atoms with Gasteiger partial charge in [0.1, 0.15) is 6.04 Å². The molecule has 7 nitrogen and oxygen atoms in total. The highest BCUT2D eigenvalue weighted by Gasteiger charge is 2.30. The average molecular weight is 366 g/mol. The Hall–Kier alpha value is -2.09. The molecule has 0 aliphatic heterocycles. The third kappa shape index (κ3) is 4.94. The molecule has 25 heavy (non-hydrogen) atoms. The number of hydrazine groups is 1. The minimum atomic E-state index is -0.832. The SMILES string of the molecule is CC(NC(N)=O)C(=O)NNC(=O)c1cc2c(s1)CCC(C(C)(C)C)C2. The van der Waals surface area contributed by atoms with E-state index in [1.165, 1.54) is 28.7 Å². The third-order valence-electron chi connectivity index (χ3n) is 4.58. The van der Waals surface area contributed by atoms with Gasteiger partial charge < -0.3 is 11.1 Å². The predicted octanol–water partition coefficient (Wildman–Crippen LogP) is 1.72. The quantitative estimate of drug-likeness (QED) is 0.611. The molecule has 0 aromatic carbocycles. The average Bonchev–Trinajstić information content (AvgIpc) is 2.93. The Balaban J connectivity index is 1.95. The van der Waals surface area contributed by atoms with Crippen LogP contribution in [0, 0.1) is 11.3 Å². The van der Waals surface area contributed by atoms with Crippen molar-refractivity contribution in [3.8, 4) is 0 Å². The van der Waals surface area contributed by atoms with Crippen molar-refractivity contribution >= 4 is 29.2 Å². The Morgan fingerprint density at radius 2 is 1.96 bits per heavy atom. The molecule has 5 N–H and O–H groups in total. The zero-order valence-electron chi connectivity index (χ0n) is 15.1. The molecule has 4 amide bonds. The van der Waals surface area contributed by atoms with Crippen molar-refractivity contribution in [3.05, 3.63) is 21.4 Å². The number of primary amides is 1. The number of nitrogens with one attached hydrogen (secondary N) is 3. The van der Waals surface area contributed by atoms with Crippen LogP contribution in [0.1, 0.15) is 54.2 Å². The van der Waals surface area contributed by atoms with Crippen molar-refractivity contribution in [2.24, 2.45) is 17.1 Å². The zero-order chi connectivity index (χ0) is 18.8. The number of hydrogen-bond acceptors (Lipinski definition) is 4. The van der Waals surface area contributed by atoms with Gasteiger partial charge in [-0.2, -0.15) is 0 Å². The number of fused-ring (bicyclic) bond motifs is 1. The van der Waals surface area contributed by atoms with Crippen molar-refractivity contribution in [2.45, 2.75) is 53.0 Å². The number of thiophene rings is 1. The van der Waals surface area contributed by atoms with Crippen LogP contribution in [-0.4, -0.2) is 23.9 Å². The second-order valence-corrected chi connectivity index (χ2v) is 8.68. The van der Waals surface area contributed by atoms with Crippen LogP contribution in [-0.2, 0) is 17.6 Å². The second kappa shape index (κ2) is 7.43. The van der Waals surface area contributed by atoms with Crippen molar-refractivity contribution in [1.29, 1.82) is 0 Å². The summed E-state index contributed by atoms with van der Waals surface area (Å²) in [5.41, 5.74) is 11.1. The van der Waals surface area contributed by atoms with Gasteiger partial charge in [-0.05, 0) is 49.1 Å². The lowest BCUT2D eigenvalue weighted by Gasteiger charge is -2.33. The summed E-state index contributed by atoms with van der Waals surface area (Å²) in [6.07, 6.45) is 3.10. The van der Waals surface area contributed by atoms with Gasteiger partial charge in [-0.3, -0.25) is 20.4 Å². The van der Waals surface area contributed by atoms with E-state index in [0.717, 1.165) is 19.3 Å². The summed E-state index contributed by atoms with van der Waals surface area (Å²) >= 11 is 1.47. The standard InChI is InChI=1S/C17H26N4O3S/c1-9(19-16(18)24)14(22)20-21-15(23)13-8-10-7-11(17(2,3)4)5-6-12(10)25-13/h8-9,11H,5-7H2,1-4H3,(H,20,22)(H,21,23)(H3,18,19,24). The highest BCUT2D eigenvalue weighted by Crippen LogP contribution is 2.39. The van der Waals surface area contributed by atoms with Crippen LogP contribution in [0.4, 0.5) is 4.79 Å². The Labute approximate surface area is 151 Å². The van der Waals surface area contributed by atoms with Crippen LogP contribution in [0.25, 0.3) is 0 Å². The minimum Gasteiger partial charge on any atom is -0.352 e. The molecule has 1 aromatic heterocycles. The molecule has 2 unspecified atom stereocenters. The highest BCUT2D eigenvalue weighted by molar-refractivity contribution is 7.14. The van der Waals surface area contributed by atoms with Crippen LogP contribution >= 0.6 is 11.3 Å². The topological polar surface area (TPSA) is 113 Å². The number of urea groups is 1. The normalized spacial score (nSPS) is 18.0. The second-order valence-electron chi connectivity index (χ2n) is 7.54. The van der Waals surface area contributed by atoms with Gasteiger partial charge in [0.25, 0.3) is 11.8 Å². The minimum absolute atomic E-state index is 0.250. The summed E-state index contributed by atoms with van der Waals surface area (Å²) < 4.78 is 0. The fourth-order valence-electron chi connectivity index (χ4n) is 2.94. The molecule has 0 spiro atoms. The van der Waals surface area contributed by atoms with Crippen LogP contribution in [0.5, 0.6) is 0 Å². The molecule has 138 valence electrons. The van der Waals surface area contributed by atoms with E-state index in [1.54, 1.807) is 0 Å². The lowest BCUT2D eigenvalue weighted by molar-refractivity contribution is -0.123. The number of hydrogen-bond donors (Lipinski definition) is 4. The van der Waals surface area contributed by atoms with Gasteiger partial charge in [0.2, 0.25) is 0 Å². The smallest absolute Gasteiger partial charge is 0.312 e. The molecular weight excluding hydrogens is 340 g/mol. The van der Waals surface area contributed by atoms with E-state index in [2.05, 4.69) is 36.9 Å². The van der Waals surface area contributed by atoms with E-state index in [4.69, 9.17) is 5.73 Å². The molecular formula is C17H26N4O3S. The lowest BCUT2D eigenvalue weighted by Crippen LogP contribution is -2.51. The van der Waals surface area contributed by atoms with Crippen molar-refractivity contribution < 1.29 is 14.4 Å². The molecule has 1 aliphatic carbocycles. The fourth-order valence-corrected chi connectivity index (χ4v) is 4.05.